The van der Waals surface area contributed by atoms with Gasteiger partial charge in [0, 0.05) is 31.6 Å². The average molecular weight is 609 g/mol. The SMILES string of the molecule is O=C(N1CC2(CNCC2c2nnc(C(COCc3ccccc3)c3cccc(C4CCCCC4)c3)o2)C1)C1(C(F)(F)F)CC1. The highest BCUT2D eigenvalue weighted by Gasteiger charge is 2.71. The molecule has 2 aliphatic carbocycles. The van der Waals surface area contributed by atoms with Crippen molar-refractivity contribution in [3.05, 3.63) is 83.1 Å². The van der Waals surface area contributed by atoms with E-state index >= 15 is 0 Å². The van der Waals surface area contributed by atoms with E-state index in [1.165, 1.54) is 42.6 Å². The van der Waals surface area contributed by atoms with Crippen LogP contribution in [0.2, 0.25) is 0 Å². The number of aromatic nitrogens is 2. The van der Waals surface area contributed by atoms with Crippen molar-refractivity contribution in [2.24, 2.45) is 10.8 Å². The topological polar surface area (TPSA) is 80.5 Å². The molecule has 7 rings (SSSR count). The van der Waals surface area contributed by atoms with E-state index in [0.717, 1.165) is 11.1 Å². The molecule has 7 nitrogen and oxygen atoms in total. The zero-order valence-corrected chi connectivity index (χ0v) is 24.8. The summed E-state index contributed by atoms with van der Waals surface area (Å²) in [6.45, 7) is 2.49. The van der Waals surface area contributed by atoms with Gasteiger partial charge in [-0.3, -0.25) is 4.79 Å². The molecule has 1 N–H and O–H groups in total. The molecule has 2 saturated heterocycles. The number of carbonyl (C=O) groups excluding carboxylic acids is 1. The number of likely N-dealkylation sites (tertiary alicyclic amines) is 1. The fourth-order valence-electron chi connectivity index (χ4n) is 7.56. The van der Waals surface area contributed by atoms with Crippen LogP contribution in [0.25, 0.3) is 0 Å². The fourth-order valence-corrected chi connectivity index (χ4v) is 7.56. The van der Waals surface area contributed by atoms with E-state index in [0.29, 0.717) is 44.0 Å². The third-order valence-electron chi connectivity index (χ3n) is 10.4. The van der Waals surface area contributed by atoms with Gasteiger partial charge in [0.2, 0.25) is 17.7 Å². The van der Waals surface area contributed by atoms with E-state index < -0.39 is 22.9 Å². The number of benzene rings is 2. The highest BCUT2D eigenvalue weighted by molar-refractivity contribution is 5.87. The molecule has 2 aromatic carbocycles. The summed E-state index contributed by atoms with van der Waals surface area (Å²) in [7, 11) is 0. The van der Waals surface area contributed by atoms with Crippen molar-refractivity contribution < 1.29 is 27.1 Å². The number of nitrogens with zero attached hydrogens (tertiary/aromatic N) is 3. The van der Waals surface area contributed by atoms with Crippen LogP contribution >= 0.6 is 0 Å². The minimum absolute atomic E-state index is 0.122. The number of carbonyl (C=O) groups is 1. The molecule has 1 amide bonds. The van der Waals surface area contributed by atoms with Crippen LogP contribution in [0.15, 0.2) is 59.0 Å². The zero-order chi connectivity index (χ0) is 30.4. The first-order chi connectivity index (χ1) is 21.3. The number of rotatable bonds is 9. The highest BCUT2D eigenvalue weighted by Crippen LogP contribution is 2.60. The van der Waals surface area contributed by atoms with Crippen molar-refractivity contribution in [2.45, 2.75) is 75.5 Å². The second-order valence-corrected chi connectivity index (χ2v) is 13.3. The standard InChI is InChI=1S/C34H39F3N4O3/c35-34(36,37)33(14-15-33)31(42)41-21-32(22-41)20-38-17-28(32)30-40-39-29(44-30)27(19-43-18-23-8-3-1-4-9-23)26-13-7-12-25(16-26)24-10-5-2-6-11-24/h1,3-4,7-9,12-13,16,24,27-28,38H,2,5-6,10-11,14-15,17-22H2. The van der Waals surface area contributed by atoms with Crippen molar-refractivity contribution >= 4 is 5.91 Å². The van der Waals surface area contributed by atoms with E-state index in [1.54, 1.807) is 0 Å². The van der Waals surface area contributed by atoms with Gasteiger partial charge in [0.25, 0.3) is 0 Å². The molecule has 0 bridgehead atoms. The molecule has 2 atom stereocenters. The van der Waals surface area contributed by atoms with Crippen LogP contribution in [0.4, 0.5) is 13.2 Å². The lowest BCUT2D eigenvalue weighted by molar-refractivity contribution is -0.204. The Balaban J connectivity index is 1.10. The largest absolute Gasteiger partial charge is 0.424 e. The quantitative estimate of drug-likeness (QED) is 0.306. The van der Waals surface area contributed by atoms with Gasteiger partial charge in [-0.2, -0.15) is 13.2 Å². The van der Waals surface area contributed by atoms with Gasteiger partial charge in [-0.05, 0) is 48.3 Å². The van der Waals surface area contributed by atoms with Crippen LogP contribution in [0.5, 0.6) is 0 Å². The Kier molecular flexibility index (Phi) is 7.77. The summed E-state index contributed by atoms with van der Waals surface area (Å²) in [5.41, 5.74) is 0.877. The molecule has 1 spiro atoms. The fraction of sp³-hybridized carbons (Fsp3) is 0.559. The number of hydrogen-bond acceptors (Lipinski definition) is 6. The summed E-state index contributed by atoms with van der Waals surface area (Å²) in [5, 5.41) is 12.3. The maximum absolute atomic E-state index is 13.6. The zero-order valence-electron chi connectivity index (χ0n) is 24.8. The predicted molar refractivity (Wildman–Crippen MR) is 157 cm³/mol. The molecule has 1 aromatic heterocycles. The number of amides is 1. The molecule has 234 valence electrons. The van der Waals surface area contributed by atoms with Crippen LogP contribution in [0.3, 0.4) is 0 Å². The molecule has 3 aromatic rings. The Bertz CT molecular complexity index is 1460. The van der Waals surface area contributed by atoms with E-state index in [2.05, 4.69) is 39.8 Å². The van der Waals surface area contributed by atoms with Crippen molar-refractivity contribution in [1.29, 1.82) is 0 Å². The van der Waals surface area contributed by atoms with Crippen LogP contribution < -0.4 is 5.32 Å². The van der Waals surface area contributed by atoms with E-state index in [9.17, 15) is 18.0 Å². The molecule has 4 fully saturated rings. The molecule has 2 unspecified atom stereocenters. The van der Waals surface area contributed by atoms with Crippen LogP contribution in [-0.2, 0) is 16.1 Å². The van der Waals surface area contributed by atoms with Gasteiger partial charge in [-0.1, -0.05) is 73.9 Å². The number of alkyl halides is 3. The smallest absolute Gasteiger partial charge is 0.403 e. The Morgan fingerprint density at radius 1 is 1.05 bits per heavy atom. The van der Waals surface area contributed by atoms with Gasteiger partial charge in [-0.15, -0.1) is 10.2 Å². The van der Waals surface area contributed by atoms with Crippen molar-refractivity contribution in [1.82, 2.24) is 20.4 Å². The van der Waals surface area contributed by atoms with Gasteiger partial charge >= 0.3 is 6.18 Å². The summed E-state index contributed by atoms with van der Waals surface area (Å²) in [6.07, 6.45) is 1.45. The predicted octanol–water partition coefficient (Wildman–Crippen LogP) is 6.32. The molecule has 3 heterocycles. The van der Waals surface area contributed by atoms with Crippen LogP contribution in [0.1, 0.15) is 91.2 Å². The molecule has 2 aliphatic heterocycles. The van der Waals surface area contributed by atoms with Crippen LogP contribution in [0, 0.1) is 10.8 Å². The van der Waals surface area contributed by atoms with E-state index in [4.69, 9.17) is 9.15 Å². The van der Waals surface area contributed by atoms with Gasteiger partial charge in [0.1, 0.15) is 5.41 Å². The third kappa shape index (κ3) is 5.44. The van der Waals surface area contributed by atoms with Crippen molar-refractivity contribution in [3.63, 3.8) is 0 Å². The maximum Gasteiger partial charge on any atom is 0.403 e. The van der Waals surface area contributed by atoms with Crippen LogP contribution in [-0.4, -0.2) is 60.0 Å². The second kappa shape index (κ2) is 11.6. The van der Waals surface area contributed by atoms with Crippen molar-refractivity contribution in [3.8, 4) is 0 Å². The monoisotopic (exact) mass is 608 g/mol. The van der Waals surface area contributed by atoms with Gasteiger partial charge < -0.3 is 19.4 Å². The first-order valence-electron chi connectivity index (χ1n) is 15.9. The van der Waals surface area contributed by atoms with Gasteiger partial charge in [0.05, 0.1) is 25.0 Å². The first kappa shape index (κ1) is 29.5. The minimum atomic E-state index is -4.51. The minimum Gasteiger partial charge on any atom is -0.424 e. The Hall–Kier alpha value is -3.24. The summed E-state index contributed by atoms with van der Waals surface area (Å²) in [4.78, 5) is 14.2. The normalized spacial score (nSPS) is 23.4. The third-order valence-corrected chi connectivity index (χ3v) is 10.4. The Morgan fingerprint density at radius 2 is 1.82 bits per heavy atom. The highest BCUT2D eigenvalue weighted by atomic mass is 19.4. The number of hydrogen-bond donors (Lipinski definition) is 1. The summed E-state index contributed by atoms with van der Waals surface area (Å²) in [5.74, 6) is 0.237. The Morgan fingerprint density at radius 3 is 2.55 bits per heavy atom. The van der Waals surface area contributed by atoms with Gasteiger partial charge in [-0.25, -0.2) is 0 Å². The van der Waals surface area contributed by atoms with Crippen molar-refractivity contribution in [2.75, 3.05) is 32.8 Å². The lowest BCUT2D eigenvalue weighted by Crippen LogP contribution is -2.63. The summed E-state index contributed by atoms with van der Waals surface area (Å²) >= 11 is 0. The average Bonchev–Trinajstić information content (AvgIpc) is 3.52. The molecule has 2 saturated carbocycles. The number of nitrogens with one attached hydrogen (secondary N) is 1. The molecule has 0 radical (unpaired) electrons. The molecular formula is C34H39F3N4O3. The molecule has 4 aliphatic rings. The summed E-state index contributed by atoms with van der Waals surface area (Å²) < 4.78 is 53.4. The van der Waals surface area contributed by atoms with E-state index in [1.807, 2.05) is 30.3 Å². The Labute approximate surface area is 255 Å². The molecule has 10 heteroatoms. The molecule has 44 heavy (non-hydrogen) atoms. The summed E-state index contributed by atoms with van der Waals surface area (Å²) in [6, 6.07) is 18.7. The number of halogens is 3. The molecular weight excluding hydrogens is 569 g/mol. The number of ether oxygens (including phenoxy) is 1. The first-order valence-corrected chi connectivity index (χ1v) is 15.9. The lowest BCUT2D eigenvalue weighted by Gasteiger charge is -2.51. The van der Waals surface area contributed by atoms with Gasteiger partial charge in [0.15, 0.2) is 0 Å². The van der Waals surface area contributed by atoms with E-state index in [-0.39, 0.29) is 37.8 Å². The maximum atomic E-state index is 13.6. The lowest BCUT2D eigenvalue weighted by atomic mass is 9.71. The second-order valence-electron chi connectivity index (χ2n) is 13.3.